The van der Waals surface area contributed by atoms with Gasteiger partial charge in [0.2, 0.25) is 5.95 Å². The zero-order chi connectivity index (χ0) is 27.1. The number of anilines is 4. The number of benzene rings is 2. The number of nitrogens with zero attached hydrogens (tertiary/aromatic N) is 6. The molecule has 39 heavy (non-hydrogen) atoms. The third kappa shape index (κ3) is 4.68. The maximum atomic E-state index is 13.4. The van der Waals surface area contributed by atoms with Gasteiger partial charge in [-0.25, -0.2) is 0 Å². The van der Waals surface area contributed by atoms with Crippen LogP contribution in [0, 0.1) is 0 Å². The van der Waals surface area contributed by atoms with Crippen molar-refractivity contribution in [3.05, 3.63) is 67.4 Å². The molecule has 0 unspecified atom stereocenters. The maximum absolute atomic E-state index is 13.4. The molecule has 0 radical (unpaired) electrons. The van der Waals surface area contributed by atoms with Crippen LogP contribution < -0.4 is 20.7 Å². The summed E-state index contributed by atoms with van der Waals surface area (Å²) in [4.78, 5) is 21.5. The van der Waals surface area contributed by atoms with Crippen molar-refractivity contribution in [1.82, 2.24) is 34.7 Å². The second-order valence-corrected chi connectivity index (χ2v) is 12.6. The van der Waals surface area contributed by atoms with E-state index in [-0.39, 0.29) is 0 Å². The van der Waals surface area contributed by atoms with Gasteiger partial charge in [0.25, 0.3) is 0 Å². The number of ether oxygens (including phenoxy) is 1. The zero-order valence-electron chi connectivity index (χ0n) is 21.8. The molecular weight excluding hydrogens is 513 g/mol. The smallest absolute Gasteiger partial charge is 0.231 e. The molecule has 196 valence electrons. The number of hydrogen-bond acceptors (Lipinski definition) is 9. The lowest BCUT2D eigenvalue weighted by Gasteiger charge is -2.17. The molecule has 0 spiro atoms. The number of aromatic amines is 1. The Morgan fingerprint density at radius 1 is 0.974 bits per heavy atom. The van der Waals surface area contributed by atoms with E-state index >= 15 is 0 Å². The van der Waals surface area contributed by atoms with Gasteiger partial charge < -0.3 is 24.9 Å². The van der Waals surface area contributed by atoms with Gasteiger partial charge >= 0.3 is 0 Å². The van der Waals surface area contributed by atoms with E-state index in [0.717, 1.165) is 16.5 Å². The highest BCUT2D eigenvalue weighted by molar-refractivity contribution is 7.71. The molecule has 6 aromatic rings. The Hall–Kier alpha value is -4.76. The standard InChI is InChI=1S/C27H26N9O2P/c1-36-15-17(14-31-36)16-5-8-22(38-2)21(13-16)33-27-34-25-18(9-10-30-25)26(35-27)32-20-7-6-19-23(29-12-11-28-19)24(20)39(3,4)37/h5-15H,1-4H3,(H3,30,32,33,34,35). The molecule has 6 rings (SSSR count). The van der Waals surface area contributed by atoms with Crippen LogP contribution in [0.4, 0.5) is 23.1 Å². The van der Waals surface area contributed by atoms with Gasteiger partial charge in [-0.05, 0) is 49.2 Å². The van der Waals surface area contributed by atoms with Gasteiger partial charge in [-0.3, -0.25) is 14.6 Å². The van der Waals surface area contributed by atoms with Crippen LogP contribution in [-0.2, 0) is 11.6 Å². The minimum Gasteiger partial charge on any atom is -0.495 e. The third-order valence-corrected chi connectivity index (χ3v) is 7.83. The summed E-state index contributed by atoms with van der Waals surface area (Å²) in [5.41, 5.74) is 5.21. The minimum atomic E-state index is -2.75. The van der Waals surface area contributed by atoms with Gasteiger partial charge in [0, 0.05) is 37.4 Å². The van der Waals surface area contributed by atoms with E-state index in [1.54, 1.807) is 49.9 Å². The molecule has 0 aliphatic rings. The molecule has 0 bridgehead atoms. The van der Waals surface area contributed by atoms with Gasteiger partial charge in [-0.2, -0.15) is 15.1 Å². The molecule has 2 aromatic carbocycles. The Morgan fingerprint density at radius 3 is 2.59 bits per heavy atom. The van der Waals surface area contributed by atoms with Gasteiger partial charge in [0.1, 0.15) is 29.9 Å². The van der Waals surface area contributed by atoms with E-state index in [1.807, 2.05) is 49.6 Å². The summed E-state index contributed by atoms with van der Waals surface area (Å²) in [6, 6.07) is 11.4. The first-order chi connectivity index (χ1) is 18.8. The largest absolute Gasteiger partial charge is 0.495 e. The lowest BCUT2D eigenvalue weighted by Crippen LogP contribution is -2.14. The summed E-state index contributed by atoms with van der Waals surface area (Å²) >= 11 is 0. The molecule has 0 amide bonds. The fourth-order valence-corrected chi connectivity index (χ4v) is 5.96. The number of aryl methyl sites for hydroxylation is 1. The van der Waals surface area contributed by atoms with Crippen LogP contribution in [0.1, 0.15) is 0 Å². The first-order valence-corrected chi connectivity index (χ1v) is 14.8. The number of methoxy groups -OCH3 is 1. The molecular formula is C27H26N9O2P. The maximum Gasteiger partial charge on any atom is 0.231 e. The summed E-state index contributed by atoms with van der Waals surface area (Å²) in [6.07, 6.45) is 8.78. The molecule has 0 saturated heterocycles. The van der Waals surface area contributed by atoms with Crippen LogP contribution in [0.2, 0.25) is 0 Å². The first-order valence-electron chi connectivity index (χ1n) is 12.2. The first kappa shape index (κ1) is 24.6. The Bertz CT molecular complexity index is 1890. The topological polar surface area (TPSA) is 136 Å². The van der Waals surface area contributed by atoms with E-state index in [0.29, 0.717) is 50.9 Å². The van der Waals surface area contributed by atoms with Crippen molar-refractivity contribution in [3.63, 3.8) is 0 Å². The van der Waals surface area contributed by atoms with Crippen molar-refractivity contribution < 1.29 is 9.30 Å². The van der Waals surface area contributed by atoms with Crippen molar-refractivity contribution in [2.75, 3.05) is 31.1 Å². The van der Waals surface area contributed by atoms with Gasteiger partial charge in [-0.1, -0.05) is 6.07 Å². The second-order valence-electron chi connectivity index (χ2n) is 9.44. The molecule has 11 nitrogen and oxygen atoms in total. The average molecular weight is 540 g/mol. The number of nitrogens with one attached hydrogen (secondary N) is 3. The van der Waals surface area contributed by atoms with E-state index in [9.17, 15) is 4.57 Å². The Labute approximate surface area is 224 Å². The highest BCUT2D eigenvalue weighted by atomic mass is 31.2. The van der Waals surface area contributed by atoms with Gasteiger partial charge in [0.15, 0.2) is 0 Å². The Balaban J connectivity index is 1.43. The molecule has 4 heterocycles. The van der Waals surface area contributed by atoms with Gasteiger partial charge in [0.05, 0.1) is 40.9 Å². The van der Waals surface area contributed by atoms with Crippen LogP contribution in [0.25, 0.3) is 33.2 Å². The Morgan fingerprint density at radius 2 is 1.82 bits per heavy atom. The van der Waals surface area contributed by atoms with Crippen molar-refractivity contribution in [2.45, 2.75) is 0 Å². The number of rotatable bonds is 7. The normalized spacial score (nSPS) is 11.7. The van der Waals surface area contributed by atoms with Crippen molar-refractivity contribution in [3.8, 4) is 16.9 Å². The predicted octanol–water partition coefficient (Wildman–Crippen LogP) is 5.05. The monoisotopic (exact) mass is 539 g/mol. The fraction of sp³-hybridized carbons (Fsp3) is 0.148. The van der Waals surface area contributed by atoms with Crippen LogP contribution in [0.15, 0.2) is 67.4 Å². The summed E-state index contributed by atoms with van der Waals surface area (Å²) in [5, 5.41) is 12.4. The summed E-state index contributed by atoms with van der Waals surface area (Å²) in [7, 11) is 0.744. The van der Waals surface area contributed by atoms with Crippen molar-refractivity contribution in [1.29, 1.82) is 0 Å². The fourth-order valence-electron chi connectivity index (χ4n) is 4.56. The highest BCUT2D eigenvalue weighted by Crippen LogP contribution is 2.41. The number of hydrogen-bond donors (Lipinski definition) is 3. The van der Waals surface area contributed by atoms with Crippen LogP contribution >= 0.6 is 7.14 Å². The number of fused-ring (bicyclic) bond motifs is 2. The average Bonchev–Trinajstić information content (AvgIpc) is 3.57. The lowest BCUT2D eigenvalue weighted by molar-refractivity contribution is 0.417. The van der Waals surface area contributed by atoms with E-state index in [4.69, 9.17) is 9.72 Å². The number of aromatic nitrogens is 7. The molecule has 0 saturated carbocycles. The lowest BCUT2D eigenvalue weighted by atomic mass is 10.1. The van der Waals surface area contributed by atoms with Crippen molar-refractivity contribution >= 4 is 57.7 Å². The van der Waals surface area contributed by atoms with Crippen LogP contribution in [0.3, 0.4) is 0 Å². The van der Waals surface area contributed by atoms with E-state index in [1.165, 1.54) is 0 Å². The number of H-pyrrole nitrogens is 1. The van der Waals surface area contributed by atoms with Gasteiger partial charge in [-0.15, -0.1) is 0 Å². The van der Waals surface area contributed by atoms with Crippen LogP contribution in [0.5, 0.6) is 5.75 Å². The molecule has 12 heteroatoms. The SMILES string of the molecule is COc1ccc(-c2cnn(C)c2)cc1Nc1nc(Nc2ccc3nccnc3c2P(C)(C)=O)c2cc[nH]c2n1. The third-order valence-electron chi connectivity index (χ3n) is 6.31. The van der Waals surface area contributed by atoms with E-state index in [2.05, 4.69) is 35.7 Å². The highest BCUT2D eigenvalue weighted by Gasteiger charge is 2.23. The van der Waals surface area contributed by atoms with Crippen molar-refractivity contribution in [2.24, 2.45) is 7.05 Å². The summed E-state index contributed by atoms with van der Waals surface area (Å²) < 4.78 is 20.8. The van der Waals surface area contributed by atoms with E-state index < -0.39 is 7.14 Å². The molecule has 0 aliphatic heterocycles. The predicted molar refractivity (Wildman–Crippen MR) is 154 cm³/mol. The van der Waals surface area contributed by atoms with Crippen LogP contribution in [-0.4, -0.2) is 55.1 Å². The Kier molecular flexibility index (Phi) is 6.00. The summed E-state index contributed by atoms with van der Waals surface area (Å²) in [6.45, 7) is 3.45. The molecule has 3 N–H and O–H groups in total. The molecule has 0 atom stereocenters. The minimum absolute atomic E-state index is 0.354. The quantitative estimate of drug-likeness (QED) is 0.238. The zero-order valence-corrected chi connectivity index (χ0v) is 22.7. The summed E-state index contributed by atoms with van der Waals surface area (Å²) in [5.74, 6) is 1.54. The second kappa shape index (κ2) is 9.52. The molecule has 0 aliphatic carbocycles. The molecule has 4 aromatic heterocycles. The molecule has 0 fully saturated rings.